The third kappa shape index (κ3) is 4.70. The highest BCUT2D eigenvalue weighted by molar-refractivity contribution is 5.61. The zero-order valence-corrected chi connectivity index (χ0v) is 19.3. The smallest absolute Gasteiger partial charge is 0.123 e. The summed E-state index contributed by atoms with van der Waals surface area (Å²) >= 11 is 0. The van der Waals surface area contributed by atoms with Crippen LogP contribution in [0.25, 0.3) is 0 Å². The lowest BCUT2D eigenvalue weighted by atomic mass is 9.56. The summed E-state index contributed by atoms with van der Waals surface area (Å²) in [6, 6.07) is 24.1. The van der Waals surface area contributed by atoms with Gasteiger partial charge in [-0.05, 0) is 91.1 Å². The number of nitrogens with zero attached hydrogens (tertiary/aromatic N) is 1. The molecule has 34 heavy (non-hydrogen) atoms. The van der Waals surface area contributed by atoms with Gasteiger partial charge in [0.25, 0.3) is 0 Å². The first-order chi connectivity index (χ1) is 16.5. The lowest BCUT2D eigenvalue weighted by Gasteiger charge is -2.55. The van der Waals surface area contributed by atoms with E-state index in [1.54, 1.807) is 30.5 Å². The van der Waals surface area contributed by atoms with Crippen LogP contribution in [0, 0.1) is 34.3 Å². The van der Waals surface area contributed by atoms with Crippen LogP contribution < -0.4 is 10.2 Å². The largest absolute Gasteiger partial charge is 0.382 e. The first kappa shape index (κ1) is 22.6. The average Bonchev–Trinajstić information content (AvgIpc) is 2.87. The quantitative estimate of drug-likeness (QED) is 0.410. The fourth-order valence-electron chi connectivity index (χ4n) is 6.14. The van der Waals surface area contributed by atoms with Gasteiger partial charge in [0.1, 0.15) is 11.6 Å². The van der Waals surface area contributed by atoms with E-state index in [9.17, 15) is 8.78 Å². The molecule has 1 saturated carbocycles. The number of anilines is 2. The highest BCUT2D eigenvalue weighted by atomic mass is 19.1. The van der Waals surface area contributed by atoms with Gasteiger partial charge in [0.15, 0.2) is 0 Å². The van der Waals surface area contributed by atoms with Crippen molar-refractivity contribution in [1.82, 2.24) is 0 Å². The van der Waals surface area contributed by atoms with Crippen LogP contribution in [0.4, 0.5) is 20.2 Å². The van der Waals surface area contributed by atoms with Crippen LogP contribution in [-0.2, 0) is 6.42 Å². The van der Waals surface area contributed by atoms with Crippen molar-refractivity contribution in [2.24, 2.45) is 17.3 Å². The summed E-state index contributed by atoms with van der Waals surface area (Å²) in [6.07, 6.45) is 5.38. The molecule has 0 amide bonds. The van der Waals surface area contributed by atoms with Gasteiger partial charge in [-0.25, -0.2) is 8.78 Å². The van der Waals surface area contributed by atoms with Gasteiger partial charge in [-0.15, -0.1) is 0 Å². The Morgan fingerprint density at radius 3 is 2.29 bits per heavy atom. The number of para-hydroxylation sites is 1. The van der Waals surface area contributed by atoms with Gasteiger partial charge in [-0.3, -0.25) is 0 Å². The predicted molar refractivity (Wildman–Crippen MR) is 135 cm³/mol. The molecule has 1 aliphatic heterocycles. The molecular formula is C29H31F2N3. The maximum Gasteiger partial charge on any atom is 0.123 e. The Morgan fingerprint density at radius 2 is 1.62 bits per heavy atom. The highest BCUT2D eigenvalue weighted by Crippen LogP contribution is 2.51. The monoisotopic (exact) mass is 459 g/mol. The molecule has 3 aromatic carbocycles. The minimum absolute atomic E-state index is 0.00485. The molecule has 2 fully saturated rings. The van der Waals surface area contributed by atoms with E-state index >= 15 is 0 Å². The Kier molecular flexibility index (Phi) is 6.36. The van der Waals surface area contributed by atoms with Gasteiger partial charge in [0.2, 0.25) is 0 Å². The Hall–Kier alpha value is -3.21. The van der Waals surface area contributed by atoms with E-state index in [0.717, 1.165) is 50.0 Å². The van der Waals surface area contributed by atoms with E-state index in [-0.39, 0.29) is 29.0 Å². The molecule has 3 aromatic rings. The fourth-order valence-corrected chi connectivity index (χ4v) is 6.14. The number of hydrogen-bond acceptors (Lipinski definition) is 3. The molecule has 0 spiro atoms. The van der Waals surface area contributed by atoms with Gasteiger partial charge in [0.05, 0.1) is 0 Å². The lowest BCUT2D eigenvalue weighted by molar-refractivity contribution is 0.0525. The summed E-state index contributed by atoms with van der Waals surface area (Å²) in [4.78, 5) is 2.48. The standard InChI is InChI=1S/C29H31F2N3/c30-24-8-6-21(7-9-24)17-29-18-22(19-32)28(33-26-12-10-25(31)11-13-26)16-23(29)14-15-34(20-29)27-4-2-1-3-5-27/h1-13,19,22-23,28,32-33H,14-18,20H2. The van der Waals surface area contributed by atoms with Crippen molar-refractivity contribution in [3.8, 4) is 0 Å². The molecule has 4 atom stereocenters. The van der Waals surface area contributed by atoms with Gasteiger partial charge < -0.3 is 15.6 Å². The SMILES string of the molecule is N=CC1CC2(Cc3ccc(F)cc3)CN(c3ccccc3)CCC2CC1Nc1ccc(F)cc1. The molecule has 3 nitrogen and oxygen atoms in total. The zero-order valence-electron chi connectivity index (χ0n) is 19.3. The molecule has 1 saturated heterocycles. The molecule has 5 heteroatoms. The molecule has 4 unspecified atom stereocenters. The van der Waals surface area contributed by atoms with E-state index in [2.05, 4.69) is 34.5 Å². The average molecular weight is 460 g/mol. The Balaban J connectivity index is 1.44. The van der Waals surface area contributed by atoms with Crippen LogP contribution in [0.2, 0.25) is 0 Å². The molecule has 176 valence electrons. The molecule has 1 aliphatic carbocycles. The number of benzene rings is 3. The lowest BCUT2D eigenvalue weighted by Crippen LogP contribution is -2.57. The summed E-state index contributed by atoms with van der Waals surface area (Å²) in [5, 5.41) is 11.8. The van der Waals surface area contributed by atoms with E-state index in [0.29, 0.717) is 5.92 Å². The third-order valence-corrected chi connectivity index (χ3v) is 7.82. The summed E-state index contributed by atoms with van der Waals surface area (Å²) < 4.78 is 27.0. The van der Waals surface area contributed by atoms with Crippen molar-refractivity contribution in [3.05, 3.63) is 96.1 Å². The second-order valence-corrected chi connectivity index (χ2v) is 9.94. The number of piperidine rings is 1. The number of hydrogen-bond donors (Lipinski definition) is 2. The van der Waals surface area contributed by atoms with Gasteiger partial charge in [-0.1, -0.05) is 30.3 Å². The molecule has 0 radical (unpaired) electrons. The van der Waals surface area contributed by atoms with Crippen LogP contribution in [0.5, 0.6) is 0 Å². The summed E-state index contributed by atoms with van der Waals surface area (Å²) in [5.74, 6) is 0.0884. The normalized spacial score (nSPS) is 26.5. The van der Waals surface area contributed by atoms with E-state index in [1.807, 2.05) is 18.2 Å². The Bertz CT molecular complexity index is 1100. The van der Waals surface area contributed by atoms with Crippen LogP contribution >= 0.6 is 0 Å². The highest BCUT2D eigenvalue weighted by Gasteiger charge is 2.50. The van der Waals surface area contributed by atoms with Crippen molar-refractivity contribution < 1.29 is 8.78 Å². The Labute approximate surface area is 200 Å². The fraction of sp³-hybridized carbons (Fsp3) is 0.345. The summed E-state index contributed by atoms with van der Waals surface area (Å²) in [5.41, 5.74) is 3.27. The van der Waals surface area contributed by atoms with Gasteiger partial charge in [-0.2, -0.15) is 0 Å². The van der Waals surface area contributed by atoms with E-state index < -0.39 is 0 Å². The molecule has 5 rings (SSSR count). The van der Waals surface area contributed by atoms with Crippen molar-refractivity contribution in [2.75, 3.05) is 23.3 Å². The number of nitrogens with one attached hydrogen (secondary N) is 2. The third-order valence-electron chi connectivity index (χ3n) is 7.82. The first-order valence-electron chi connectivity index (χ1n) is 12.1. The first-order valence-corrected chi connectivity index (χ1v) is 12.1. The van der Waals surface area contributed by atoms with Crippen LogP contribution in [0.1, 0.15) is 24.8 Å². The minimum atomic E-state index is -0.246. The Morgan fingerprint density at radius 1 is 0.941 bits per heavy atom. The second-order valence-electron chi connectivity index (χ2n) is 9.94. The summed E-state index contributed by atoms with van der Waals surface area (Å²) in [7, 11) is 0. The molecule has 2 N–H and O–H groups in total. The van der Waals surface area contributed by atoms with E-state index in [1.165, 1.54) is 17.8 Å². The van der Waals surface area contributed by atoms with Gasteiger partial charge >= 0.3 is 0 Å². The molecule has 0 aromatic heterocycles. The molecule has 0 bridgehead atoms. The van der Waals surface area contributed by atoms with E-state index in [4.69, 9.17) is 5.41 Å². The number of fused-ring (bicyclic) bond motifs is 1. The van der Waals surface area contributed by atoms with Crippen molar-refractivity contribution in [2.45, 2.75) is 31.7 Å². The molecular weight excluding hydrogens is 428 g/mol. The van der Waals surface area contributed by atoms with Crippen LogP contribution in [0.3, 0.4) is 0 Å². The zero-order chi connectivity index (χ0) is 23.5. The van der Waals surface area contributed by atoms with Crippen LogP contribution in [-0.4, -0.2) is 25.3 Å². The predicted octanol–water partition coefficient (Wildman–Crippen LogP) is 6.56. The topological polar surface area (TPSA) is 39.1 Å². The van der Waals surface area contributed by atoms with Crippen LogP contribution in [0.15, 0.2) is 78.9 Å². The van der Waals surface area contributed by atoms with Gasteiger partial charge in [0, 0.05) is 42.6 Å². The van der Waals surface area contributed by atoms with Crippen molar-refractivity contribution >= 4 is 17.6 Å². The number of rotatable bonds is 6. The number of halogens is 2. The molecule has 1 heterocycles. The van der Waals surface area contributed by atoms with Crippen molar-refractivity contribution in [1.29, 1.82) is 5.41 Å². The maximum absolute atomic E-state index is 13.6. The maximum atomic E-state index is 13.6. The second kappa shape index (κ2) is 9.57. The summed E-state index contributed by atoms with van der Waals surface area (Å²) in [6.45, 7) is 1.92. The minimum Gasteiger partial charge on any atom is -0.382 e. The molecule has 2 aliphatic rings. The van der Waals surface area contributed by atoms with Crippen molar-refractivity contribution in [3.63, 3.8) is 0 Å².